The fourth-order valence-corrected chi connectivity index (χ4v) is 1.49. The Morgan fingerprint density at radius 2 is 1.60 bits per heavy atom. The molecule has 0 aliphatic heterocycles. The first-order valence-corrected chi connectivity index (χ1v) is 5.21. The van der Waals surface area contributed by atoms with Crippen LogP contribution in [0.5, 0.6) is 0 Å². The summed E-state index contributed by atoms with van der Waals surface area (Å²) in [5, 5.41) is 0. The summed E-state index contributed by atoms with van der Waals surface area (Å²) in [6.07, 6.45) is -0.829. The third-order valence-corrected chi connectivity index (χ3v) is 2.44. The molecule has 84 valence electrons. The number of aromatic nitrogens is 1. The number of rotatable bonds is 3. The lowest BCUT2D eigenvalue weighted by molar-refractivity contribution is 0.149. The smallest absolute Gasteiger partial charge is 0.261 e. The fourth-order valence-electron chi connectivity index (χ4n) is 1.49. The zero-order valence-corrected chi connectivity index (χ0v) is 9.59. The van der Waals surface area contributed by atoms with Crippen LogP contribution in [0.1, 0.15) is 62.8 Å². The van der Waals surface area contributed by atoms with Crippen LogP contribution in [-0.2, 0) is 0 Å². The molecule has 0 saturated carbocycles. The molecular formula is C12H17F2N. The summed E-state index contributed by atoms with van der Waals surface area (Å²) >= 11 is 0. The molecule has 0 fully saturated rings. The zero-order chi connectivity index (χ0) is 11.6. The van der Waals surface area contributed by atoms with Crippen molar-refractivity contribution in [3.05, 3.63) is 29.1 Å². The maximum Gasteiger partial charge on any atom is 0.264 e. The second kappa shape index (κ2) is 4.69. The van der Waals surface area contributed by atoms with Gasteiger partial charge in [-0.05, 0) is 23.5 Å². The fraction of sp³-hybridized carbons (Fsp3) is 0.583. The summed E-state index contributed by atoms with van der Waals surface area (Å²) in [6.45, 7) is 7.70. The van der Waals surface area contributed by atoms with Crippen LogP contribution in [0.4, 0.5) is 8.78 Å². The summed E-state index contributed by atoms with van der Waals surface area (Å²) in [4.78, 5) is 4.21. The molecule has 0 radical (unpaired) electrons. The Balaban J connectivity index is 3.21. The van der Waals surface area contributed by atoms with Crippen molar-refractivity contribution in [1.29, 1.82) is 0 Å². The molecule has 1 rings (SSSR count). The standard InChI is InChI=1S/C12H17F2N/c1-7(2)10-6-15-11(8(3)4)5-9(10)12(13)14/h5-8,12H,1-4H3. The van der Waals surface area contributed by atoms with Gasteiger partial charge >= 0.3 is 0 Å². The van der Waals surface area contributed by atoms with Crippen molar-refractivity contribution in [2.24, 2.45) is 0 Å². The first-order valence-electron chi connectivity index (χ1n) is 5.21. The molecule has 1 heterocycles. The van der Waals surface area contributed by atoms with Crippen molar-refractivity contribution in [1.82, 2.24) is 4.98 Å². The second-order valence-corrected chi connectivity index (χ2v) is 4.35. The number of alkyl halides is 2. The molecule has 0 saturated heterocycles. The van der Waals surface area contributed by atoms with Crippen LogP contribution < -0.4 is 0 Å². The van der Waals surface area contributed by atoms with E-state index in [2.05, 4.69) is 4.98 Å². The van der Waals surface area contributed by atoms with Crippen LogP contribution in [0.3, 0.4) is 0 Å². The van der Waals surface area contributed by atoms with Gasteiger partial charge in [0.1, 0.15) is 0 Å². The molecule has 0 aromatic carbocycles. The molecule has 0 aliphatic rings. The Hall–Kier alpha value is -0.990. The van der Waals surface area contributed by atoms with Gasteiger partial charge in [-0.3, -0.25) is 4.98 Å². The Bertz CT molecular complexity index is 332. The van der Waals surface area contributed by atoms with E-state index in [9.17, 15) is 8.78 Å². The van der Waals surface area contributed by atoms with E-state index in [0.29, 0.717) is 5.56 Å². The van der Waals surface area contributed by atoms with Gasteiger partial charge in [0.2, 0.25) is 0 Å². The van der Waals surface area contributed by atoms with Gasteiger partial charge in [-0.1, -0.05) is 27.7 Å². The Kier molecular flexibility index (Phi) is 3.77. The highest BCUT2D eigenvalue weighted by Crippen LogP contribution is 2.29. The molecule has 1 nitrogen and oxygen atoms in total. The molecule has 0 amide bonds. The van der Waals surface area contributed by atoms with Gasteiger partial charge in [0, 0.05) is 17.5 Å². The average Bonchev–Trinajstić information content (AvgIpc) is 2.16. The molecular weight excluding hydrogens is 196 g/mol. The maximum atomic E-state index is 12.8. The van der Waals surface area contributed by atoms with Gasteiger partial charge in [0.15, 0.2) is 0 Å². The Labute approximate surface area is 89.5 Å². The molecule has 0 spiro atoms. The molecule has 0 N–H and O–H groups in total. The Morgan fingerprint density at radius 1 is 1.00 bits per heavy atom. The van der Waals surface area contributed by atoms with Crippen LogP contribution in [0.25, 0.3) is 0 Å². The lowest BCUT2D eigenvalue weighted by Crippen LogP contribution is -2.02. The lowest BCUT2D eigenvalue weighted by atomic mass is 9.97. The van der Waals surface area contributed by atoms with Gasteiger partial charge in [0.05, 0.1) is 0 Å². The van der Waals surface area contributed by atoms with Crippen LogP contribution in [0, 0.1) is 0 Å². The van der Waals surface area contributed by atoms with Crippen molar-refractivity contribution in [3.8, 4) is 0 Å². The van der Waals surface area contributed by atoms with E-state index in [1.165, 1.54) is 6.07 Å². The van der Waals surface area contributed by atoms with E-state index in [0.717, 1.165) is 5.69 Å². The summed E-state index contributed by atoms with van der Waals surface area (Å²) in [7, 11) is 0. The van der Waals surface area contributed by atoms with E-state index in [4.69, 9.17) is 0 Å². The van der Waals surface area contributed by atoms with E-state index < -0.39 is 6.43 Å². The highest BCUT2D eigenvalue weighted by molar-refractivity contribution is 5.31. The van der Waals surface area contributed by atoms with Crippen LogP contribution in [-0.4, -0.2) is 4.98 Å². The predicted octanol–water partition coefficient (Wildman–Crippen LogP) is 4.27. The first kappa shape index (κ1) is 12.1. The minimum atomic E-state index is -2.41. The maximum absolute atomic E-state index is 12.8. The second-order valence-electron chi connectivity index (χ2n) is 4.35. The van der Waals surface area contributed by atoms with Crippen molar-refractivity contribution in [2.75, 3.05) is 0 Å². The number of halogens is 2. The number of hydrogen-bond acceptors (Lipinski definition) is 1. The predicted molar refractivity (Wildman–Crippen MR) is 57.4 cm³/mol. The van der Waals surface area contributed by atoms with E-state index in [1.807, 2.05) is 27.7 Å². The molecule has 0 bridgehead atoms. The first-order chi connectivity index (χ1) is 6.93. The lowest BCUT2D eigenvalue weighted by Gasteiger charge is -2.14. The van der Waals surface area contributed by atoms with Crippen LogP contribution in [0.15, 0.2) is 12.3 Å². The molecule has 15 heavy (non-hydrogen) atoms. The highest BCUT2D eigenvalue weighted by Gasteiger charge is 2.17. The minimum absolute atomic E-state index is 0.0858. The zero-order valence-electron chi connectivity index (χ0n) is 9.59. The summed E-state index contributed by atoms with van der Waals surface area (Å²) in [5.74, 6) is 0.270. The summed E-state index contributed by atoms with van der Waals surface area (Å²) < 4.78 is 25.6. The third-order valence-electron chi connectivity index (χ3n) is 2.44. The SMILES string of the molecule is CC(C)c1cc(C(F)F)c(C(C)C)cn1. The number of hydrogen-bond donors (Lipinski definition) is 0. The highest BCUT2D eigenvalue weighted by atomic mass is 19.3. The topological polar surface area (TPSA) is 12.9 Å². The van der Waals surface area contributed by atoms with Gasteiger partial charge in [-0.15, -0.1) is 0 Å². The van der Waals surface area contributed by atoms with Crippen LogP contribution >= 0.6 is 0 Å². The minimum Gasteiger partial charge on any atom is -0.261 e. The number of nitrogens with zero attached hydrogens (tertiary/aromatic N) is 1. The normalized spacial score (nSPS) is 11.8. The number of pyridine rings is 1. The van der Waals surface area contributed by atoms with Gasteiger partial charge in [0.25, 0.3) is 6.43 Å². The van der Waals surface area contributed by atoms with E-state index >= 15 is 0 Å². The largest absolute Gasteiger partial charge is 0.264 e. The molecule has 0 atom stereocenters. The third kappa shape index (κ3) is 2.74. The van der Waals surface area contributed by atoms with Gasteiger partial charge < -0.3 is 0 Å². The summed E-state index contributed by atoms with van der Waals surface area (Å²) in [6, 6.07) is 1.53. The van der Waals surface area contributed by atoms with Gasteiger partial charge in [-0.2, -0.15) is 0 Å². The van der Waals surface area contributed by atoms with Crippen molar-refractivity contribution < 1.29 is 8.78 Å². The quantitative estimate of drug-likeness (QED) is 0.730. The van der Waals surface area contributed by atoms with Crippen LogP contribution in [0.2, 0.25) is 0 Å². The average molecular weight is 213 g/mol. The van der Waals surface area contributed by atoms with Crippen molar-refractivity contribution in [2.45, 2.75) is 46.0 Å². The van der Waals surface area contributed by atoms with Gasteiger partial charge in [-0.25, -0.2) is 8.78 Å². The monoisotopic (exact) mass is 213 g/mol. The molecule has 0 aliphatic carbocycles. The van der Waals surface area contributed by atoms with Crippen molar-refractivity contribution in [3.63, 3.8) is 0 Å². The Morgan fingerprint density at radius 3 is 2.00 bits per heavy atom. The molecule has 1 aromatic rings. The molecule has 0 unspecified atom stereocenters. The molecule has 3 heteroatoms. The molecule has 1 aromatic heterocycles. The van der Waals surface area contributed by atoms with Crippen molar-refractivity contribution >= 4 is 0 Å². The summed E-state index contributed by atoms with van der Waals surface area (Å²) in [5.41, 5.74) is 1.51. The van der Waals surface area contributed by atoms with E-state index in [1.54, 1.807) is 6.20 Å². The van der Waals surface area contributed by atoms with E-state index in [-0.39, 0.29) is 17.4 Å².